The summed E-state index contributed by atoms with van der Waals surface area (Å²) in [6.45, 7) is 0. The molecule has 0 aliphatic carbocycles. The lowest BCUT2D eigenvalue weighted by atomic mass is 10.2. The number of ether oxygens (including phenoxy) is 1. The standard InChI is InChI=1S/C17H13ClN2O2S/c1-22-14-8-6-13(7-9-14)19-17-20-16(21)15(23-17)10-11-2-4-12(18)5-3-11/h2-10H,1H3,(H,19,20,21)/b15-10+. The van der Waals surface area contributed by atoms with Gasteiger partial charge in [-0.3, -0.25) is 4.79 Å². The molecule has 116 valence electrons. The first-order valence-electron chi connectivity index (χ1n) is 6.83. The molecule has 1 aliphatic heterocycles. The number of amides is 1. The second-order valence-electron chi connectivity index (χ2n) is 4.73. The maximum absolute atomic E-state index is 12.0. The van der Waals surface area contributed by atoms with Crippen molar-refractivity contribution >= 4 is 46.2 Å². The molecule has 1 heterocycles. The number of thioether (sulfide) groups is 1. The zero-order valence-corrected chi connectivity index (χ0v) is 13.8. The molecule has 0 saturated carbocycles. The minimum absolute atomic E-state index is 0.155. The second kappa shape index (κ2) is 6.89. The highest BCUT2D eigenvalue weighted by Crippen LogP contribution is 2.28. The number of halogens is 1. The Hall–Kier alpha value is -2.24. The van der Waals surface area contributed by atoms with Crippen molar-refractivity contribution in [2.45, 2.75) is 0 Å². The highest BCUT2D eigenvalue weighted by atomic mass is 35.5. The van der Waals surface area contributed by atoms with Crippen molar-refractivity contribution in [3.63, 3.8) is 0 Å². The molecule has 0 atom stereocenters. The lowest BCUT2D eigenvalue weighted by molar-refractivity contribution is -0.115. The summed E-state index contributed by atoms with van der Waals surface area (Å²) in [6.07, 6.45) is 1.81. The fourth-order valence-corrected chi connectivity index (χ4v) is 2.93. The maximum Gasteiger partial charge on any atom is 0.264 e. The number of nitrogens with zero attached hydrogens (tertiary/aromatic N) is 1. The number of hydrogen-bond acceptors (Lipinski definition) is 4. The largest absolute Gasteiger partial charge is 0.497 e. The minimum Gasteiger partial charge on any atom is -0.497 e. The first kappa shape index (κ1) is 15.6. The van der Waals surface area contributed by atoms with Crippen LogP contribution in [0.5, 0.6) is 5.75 Å². The van der Waals surface area contributed by atoms with Gasteiger partial charge in [0.15, 0.2) is 5.17 Å². The molecular weight excluding hydrogens is 332 g/mol. The van der Waals surface area contributed by atoms with Crippen LogP contribution in [0.3, 0.4) is 0 Å². The number of carbonyl (C=O) groups is 1. The zero-order chi connectivity index (χ0) is 16.2. The Morgan fingerprint density at radius 1 is 1.13 bits per heavy atom. The summed E-state index contributed by atoms with van der Waals surface area (Å²) in [7, 11) is 1.61. The Balaban J connectivity index is 1.78. The molecule has 1 N–H and O–H groups in total. The van der Waals surface area contributed by atoms with E-state index in [1.165, 1.54) is 11.8 Å². The molecule has 4 nitrogen and oxygen atoms in total. The molecule has 0 radical (unpaired) electrons. The normalized spacial score (nSPS) is 17.6. The molecule has 0 spiro atoms. The first-order chi connectivity index (χ1) is 11.1. The Morgan fingerprint density at radius 2 is 1.83 bits per heavy atom. The molecule has 1 aliphatic rings. The van der Waals surface area contributed by atoms with Gasteiger partial charge in [-0.25, -0.2) is 4.99 Å². The monoisotopic (exact) mass is 344 g/mol. The highest BCUT2D eigenvalue weighted by molar-refractivity contribution is 8.18. The Labute approximate surface area is 143 Å². The summed E-state index contributed by atoms with van der Waals surface area (Å²) < 4.78 is 5.11. The van der Waals surface area contributed by atoms with Crippen molar-refractivity contribution in [2.24, 2.45) is 4.99 Å². The molecule has 3 rings (SSSR count). The molecule has 23 heavy (non-hydrogen) atoms. The molecule has 2 aromatic rings. The third-order valence-electron chi connectivity index (χ3n) is 3.12. The van der Waals surface area contributed by atoms with Crippen LogP contribution in [0.15, 0.2) is 58.4 Å². The van der Waals surface area contributed by atoms with E-state index in [4.69, 9.17) is 16.3 Å². The van der Waals surface area contributed by atoms with Crippen LogP contribution in [0, 0.1) is 0 Å². The van der Waals surface area contributed by atoms with Crippen LogP contribution in [0.1, 0.15) is 5.56 Å². The van der Waals surface area contributed by atoms with Gasteiger partial charge in [0, 0.05) is 5.02 Å². The van der Waals surface area contributed by atoms with Crippen LogP contribution < -0.4 is 10.1 Å². The van der Waals surface area contributed by atoms with Gasteiger partial charge in [0.2, 0.25) is 0 Å². The number of nitrogens with one attached hydrogen (secondary N) is 1. The van der Waals surface area contributed by atoms with Crippen LogP contribution in [-0.4, -0.2) is 18.2 Å². The van der Waals surface area contributed by atoms with Gasteiger partial charge >= 0.3 is 0 Å². The van der Waals surface area contributed by atoms with Crippen LogP contribution >= 0.6 is 23.4 Å². The second-order valence-corrected chi connectivity index (χ2v) is 6.20. The van der Waals surface area contributed by atoms with Gasteiger partial charge < -0.3 is 10.1 Å². The summed E-state index contributed by atoms with van der Waals surface area (Å²) in [5.74, 6) is 0.609. The lowest BCUT2D eigenvalue weighted by Crippen LogP contribution is -2.19. The minimum atomic E-state index is -0.155. The van der Waals surface area contributed by atoms with Gasteiger partial charge in [-0.2, -0.15) is 0 Å². The van der Waals surface area contributed by atoms with Crippen LogP contribution in [-0.2, 0) is 4.79 Å². The molecule has 0 bridgehead atoms. The van der Waals surface area contributed by atoms with Gasteiger partial charge in [-0.05, 0) is 59.8 Å². The van der Waals surface area contributed by atoms with Crippen LogP contribution in [0.2, 0.25) is 5.02 Å². The molecule has 1 saturated heterocycles. The summed E-state index contributed by atoms with van der Waals surface area (Å²) in [5, 5.41) is 3.98. The van der Waals surface area contributed by atoms with E-state index in [2.05, 4.69) is 10.3 Å². The van der Waals surface area contributed by atoms with Crippen molar-refractivity contribution in [2.75, 3.05) is 7.11 Å². The smallest absolute Gasteiger partial charge is 0.264 e. The van der Waals surface area contributed by atoms with Gasteiger partial charge in [0.1, 0.15) is 5.75 Å². The van der Waals surface area contributed by atoms with E-state index in [9.17, 15) is 4.79 Å². The predicted molar refractivity (Wildman–Crippen MR) is 95.3 cm³/mol. The van der Waals surface area contributed by atoms with Crippen molar-refractivity contribution in [1.82, 2.24) is 5.32 Å². The number of aliphatic imine (C=N–C) groups is 1. The predicted octanol–water partition coefficient (Wildman–Crippen LogP) is 4.24. The summed E-state index contributed by atoms with van der Waals surface area (Å²) in [4.78, 5) is 17.0. The van der Waals surface area contributed by atoms with Crippen molar-refractivity contribution in [1.29, 1.82) is 0 Å². The number of amidine groups is 1. The average Bonchev–Trinajstić information content (AvgIpc) is 2.90. The molecule has 2 aromatic carbocycles. The SMILES string of the molecule is COc1ccc(N=C2NC(=O)/C(=C\c3ccc(Cl)cc3)S2)cc1. The average molecular weight is 345 g/mol. The number of benzene rings is 2. The van der Waals surface area contributed by atoms with Gasteiger partial charge in [0.25, 0.3) is 5.91 Å². The number of methoxy groups -OCH3 is 1. The lowest BCUT2D eigenvalue weighted by Gasteiger charge is -1.99. The zero-order valence-electron chi connectivity index (χ0n) is 12.2. The Bertz CT molecular complexity index is 783. The van der Waals surface area contributed by atoms with Crippen LogP contribution in [0.25, 0.3) is 6.08 Å². The highest BCUT2D eigenvalue weighted by Gasteiger charge is 2.23. The van der Waals surface area contributed by atoms with Gasteiger partial charge in [0.05, 0.1) is 17.7 Å². The molecule has 1 fully saturated rings. The number of carbonyl (C=O) groups excluding carboxylic acids is 1. The number of hydrogen-bond donors (Lipinski definition) is 1. The van der Waals surface area contributed by atoms with Crippen molar-refractivity contribution in [3.05, 3.63) is 64.0 Å². The Morgan fingerprint density at radius 3 is 2.48 bits per heavy atom. The molecule has 1 amide bonds. The fourth-order valence-electron chi connectivity index (χ4n) is 1.96. The summed E-state index contributed by atoms with van der Waals surface area (Å²) >= 11 is 7.17. The molecule has 6 heteroatoms. The summed E-state index contributed by atoms with van der Waals surface area (Å²) in [5.41, 5.74) is 1.67. The fraction of sp³-hybridized carbons (Fsp3) is 0.0588. The maximum atomic E-state index is 12.0. The van der Waals surface area contributed by atoms with E-state index < -0.39 is 0 Å². The van der Waals surface area contributed by atoms with E-state index in [1.54, 1.807) is 19.2 Å². The first-order valence-corrected chi connectivity index (χ1v) is 8.03. The molecule has 0 unspecified atom stereocenters. The molecular formula is C17H13ClN2O2S. The van der Waals surface area contributed by atoms with E-state index in [0.29, 0.717) is 15.1 Å². The van der Waals surface area contributed by atoms with Gasteiger partial charge in [-0.1, -0.05) is 23.7 Å². The van der Waals surface area contributed by atoms with Crippen LogP contribution in [0.4, 0.5) is 5.69 Å². The van der Waals surface area contributed by atoms with E-state index in [-0.39, 0.29) is 5.91 Å². The topological polar surface area (TPSA) is 50.7 Å². The third kappa shape index (κ3) is 3.94. The quantitative estimate of drug-likeness (QED) is 0.847. The third-order valence-corrected chi connectivity index (χ3v) is 4.28. The van der Waals surface area contributed by atoms with E-state index in [0.717, 1.165) is 17.0 Å². The molecule has 0 aromatic heterocycles. The van der Waals surface area contributed by atoms with Crippen molar-refractivity contribution < 1.29 is 9.53 Å². The summed E-state index contributed by atoms with van der Waals surface area (Å²) in [6, 6.07) is 14.6. The van der Waals surface area contributed by atoms with Gasteiger partial charge in [-0.15, -0.1) is 0 Å². The van der Waals surface area contributed by atoms with Crippen molar-refractivity contribution in [3.8, 4) is 5.75 Å². The Kier molecular flexibility index (Phi) is 4.69. The van der Waals surface area contributed by atoms with E-state index >= 15 is 0 Å². The van der Waals surface area contributed by atoms with E-state index in [1.807, 2.05) is 42.5 Å². The number of rotatable bonds is 3.